The number of nitrogens with zero attached hydrogens (tertiary/aromatic N) is 2. The molecule has 0 radical (unpaired) electrons. The Kier molecular flexibility index (Phi) is 4.95. The fourth-order valence-corrected chi connectivity index (χ4v) is 2.94. The number of aromatic nitrogens is 2. The van der Waals surface area contributed by atoms with Gasteiger partial charge in [-0.05, 0) is 48.9 Å². The molecule has 2 aromatic heterocycles. The largest absolute Gasteiger partial charge is 0.487 e. The monoisotopic (exact) mass is 393 g/mol. The molecule has 29 heavy (non-hydrogen) atoms. The number of pyridine rings is 1. The fourth-order valence-electron chi connectivity index (χ4n) is 2.94. The summed E-state index contributed by atoms with van der Waals surface area (Å²) in [5, 5.41) is 2.47. The van der Waals surface area contributed by atoms with Gasteiger partial charge in [-0.1, -0.05) is 12.1 Å². The number of fused-ring (bicyclic) bond motifs is 1. The number of imidazole rings is 1. The predicted molar refractivity (Wildman–Crippen MR) is 105 cm³/mol. The van der Waals surface area contributed by atoms with Crippen molar-refractivity contribution < 1.29 is 18.3 Å². The molecule has 0 aliphatic heterocycles. The Balaban J connectivity index is 1.45. The maximum absolute atomic E-state index is 13.3. The molecule has 4 rings (SSSR count). The number of ether oxygens (including phenoxy) is 1. The van der Waals surface area contributed by atoms with Crippen LogP contribution in [-0.2, 0) is 6.61 Å². The second-order valence-corrected chi connectivity index (χ2v) is 6.63. The standard InChI is InChI=1S/C22H17F2N3O2/c1-14-5-6-21-25-19(12-27(21)11-14)13-29-20-4-2-3-15(7-20)22(28)26-18-9-16(23)8-17(24)10-18/h2-12H,13H2,1H3,(H,26,28). The highest BCUT2D eigenvalue weighted by Crippen LogP contribution is 2.18. The molecule has 1 amide bonds. The number of hydrogen-bond acceptors (Lipinski definition) is 3. The van der Waals surface area contributed by atoms with Crippen LogP contribution in [0.2, 0.25) is 0 Å². The van der Waals surface area contributed by atoms with Gasteiger partial charge in [0, 0.05) is 29.7 Å². The highest BCUT2D eigenvalue weighted by molar-refractivity contribution is 6.04. The number of benzene rings is 2. The zero-order chi connectivity index (χ0) is 20.4. The predicted octanol–water partition coefficient (Wildman–Crippen LogP) is 4.75. The van der Waals surface area contributed by atoms with E-state index in [-0.39, 0.29) is 12.3 Å². The summed E-state index contributed by atoms with van der Waals surface area (Å²) in [5.74, 6) is -1.54. The molecule has 0 aliphatic carbocycles. The molecule has 146 valence electrons. The summed E-state index contributed by atoms with van der Waals surface area (Å²) in [5.41, 5.74) is 3.04. The van der Waals surface area contributed by atoms with Gasteiger partial charge in [0.15, 0.2) is 0 Å². The highest BCUT2D eigenvalue weighted by Gasteiger charge is 2.10. The van der Waals surface area contributed by atoms with Gasteiger partial charge in [0.2, 0.25) is 0 Å². The van der Waals surface area contributed by atoms with Crippen molar-refractivity contribution in [3.8, 4) is 5.75 Å². The molecule has 7 heteroatoms. The maximum atomic E-state index is 13.3. The van der Waals surface area contributed by atoms with E-state index >= 15 is 0 Å². The second-order valence-electron chi connectivity index (χ2n) is 6.63. The number of hydrogen-bond donors (Lipinski definition) is 1. The number of aryl methyl sites for hydroxylation is 1. The van der Waals surface area contributed by atoms with Gasteiger partial charge >= 0.3 is 0 Å². The molecule has 4 aromatic rings. The van der Waals surface area contributed by atoms with Gasteiger partial charge in [0.1, 0.15) is 29.6 Å². The van der Waals surface area contributed by atoms with Gasteiger partial charge in [0.05, 0.1) is 5.69 Å². The first-order valence-electron chi connectivity index (χ1n) is 8.91. The molecule has 0 saturated heterocycles. The number of nitrogens with one attached hydrogen (secondary N) is 1. The van der Waals surface area contributed by atoms with Crippen LogP contribution < -0.4 is 10.1 Å². The van der Waals surface area contributed by atoms with Crippen molar-refractivity contribution in [1.82, 2.24) is 9.38 Å². The van der Waals surface area contributed by atoms with Crippen LogP contribution in [0.25, 0.3) is 5.65 Å². The van der Waals surface area contributed by atoms with Crippen LogP contribution in [-0.4, -0.2) is 15.3 Å². The normalized spacial score (nSPS) is 10.9. The van der Waals surface area contributed by atoms with Crippen molar-refractivity contribution in [3.63, 3.8) is 0 Å². The maximum Gasteiger partial charge on any atom is 0.255 e. The van der Waals surface area contributed by atoms with Crippen LogP contribution in [0.1, 0.15) is 21.6 Å². The molecule has 2 aromatic carbocycles. The fraction of sp³-hybridized carbons (Fsp3) is 0.0909. The SMILES string of the molecule is Cc1ccc2nc(COc3cccc(C(=O)Nc4cc(F)cc(F)c4)c3)cn2c1. The van der Waals surface area contributed by atoms with Gasteiger partial charge < -0.3 is 14.5 Å². The second kappa shape index (κ2) is 7.71. The molecule has 2 heterocycles. The van der Waals surface area contributed by atoms with Gasteiger partial charge in [0.25, 0.3) is 5.91 Å². The molecule has 0 bridgehead atoms. The summed E-state index contributed by atoms with van der Waals surface area (Å²) in [4.78, 5) is 16.9. The lowest BCUT2D eigenvalue weighted by molar-refractivity contribution is 0.102. The third-order valence-corrected chi connectivity index (χ3v) is 4.25. The zero-order valence-corrected chi connectivity index (χ0v) is 15.5. The molecule has 0 unspecified atom stereocenters. The summed E-state index contributed by atoms with van der Waals surface area (Å²) >= 11 is 0. The molecule has 0 spiro atoms. The Bertz CT molecular complexity index is 1180. The Morgan fingerprint density at radius 1 is 1.07 bits per heavy atom. The minimum atomic E-state index is -0.764. The van der Waals surface area contributed by atoms with Gasteiger partial charge in [-0.25, -0.2) is 13.8 Å². The van der Waals surface area contributed by atoms with Gasteiger partial charge in [-0.2, -0.15) is 0 Å². The first kappa shape index (κ1) is 18.6. The van der Waals surface area contributed by atoms with E-state index in [1.165, 1.54) is 0 Å². The van der Waals surface area contributed by atoms with Crippen molar-refractivity contribution in [2.45, 2.75) is 13.5 Å². The molecule has 0 fully saturated rings. The first-order chi connectivity index (χ1) is 14.0. The van der Waals surface area contributed by atoms with Crippen molar-refractivity contribution in [1.29, 1.82) is 0 Å². The number of halogens is 2. The van der Waals surface area contributed by atoms with E-state index in [9.17, 15) is 13.6 Å². The number of anilines is 1. The van der Waals surface area contributed by atoms with E-state index in [1.807, 2.05) is 35.9 Å². The third kappa shape index (κ3) is 4.40. The number of carbonyl (C=O) groups is 1. The Morgan fingerprint density at radius 2 is 1.86 bits per heavy atom. The van der Waals surface area contributed by atoms with Crippen LogP contribution in [0.3, 0.4) is 0 Å². The third-order valence-electron chi connectivity index (χ3n) is 4.25. The molecule has 5 nitrogen and oxygen atoms in total. The minimum Gasteiger partial charge on any atom is -0.487 e. The zero-order valence-electron chi connectivity index (χ0n) is 15.5. The summed E-state index contributed by atoms with van der Waals surface area (Å²) in [6.07, 6.45) is 3.86. The average molecular weight is 393 g/mol. The van der Waals surface area contributed by atoms with E-state index in [1.54, 1.807) is 24.3 Å². The van der Waals surface area contributed by atoms with E-state index in [4.69, 9.17) is 4.74 Å². The Labute approximate surface area is 165 Å². The highest BCUT2D eigenvalue weighted by atomic mass is 19.1. The van der Waals surface area contributed by atoms with Gasteiger partial charge in [-0.3, -0.25) is 4.79 Å². The van der Waals surface area contributed by atoms with Crippen LogP contribution in [0.4, 0.5) is 14.5 Å². The lowest BCUT2D eigenvalue weighted by atomic mass is 10.2. The number of amides is 1. The van der Waals surface area contributed by atoms with Crippen molar-refractivity contribution in [2.24, 2.45) is 0 Å². The van der Waals surface area contributed by atoms with Crippen LogP contribution in [0.5, 0.6) is 5.75 Å². The van der Waals surface area contributed by atoms with E-state index < -0.39 is 17.5 Å². The van der Waals surface area contributed by atoms with Crippen molar-refractivity contribution >= 4 is 17.2 Å². The molecule has 1 N–H and O–H groups in total. The summed E-state index contributed by atoms with van der Waals surface area (Å²) in [6.45, 7) is 2.24. The van der Waals surface area contributed by atoms with Crippen LogP contribution in [0.15, 0.2) is 67.0 Å². The Hall–Kier alpha value is -3.74. The summed E-state index contributed by atoms with van der Waals surface area (Å²) < 4.78 is 34.3. The van der Waals surface area contributed by atoms with Crippen LogP contribution in [0, 0.1) is 18.6 Å². The molecular weight excluding hydrogens is 376 g/mol. The number of rotatable bonds is 5. The lowest BCUT2D eigenvalue weighted by Gasteiger charge is -2.08. The quantitative estimate of drug-likeness (QED) is 0.532. The topological polar surface area (TPSA) is 55.6 Å². The minimum absolute atomic E-state index is 0.0406. The average Bonchev–Trinajstić information content (AvgIpc) is 3.08. The molecular formula is C22H17F2N3O2. The Morgan fingerprint density at radius 3 is 2.66 bits per heavy atom. The van der Waals surface area contributed by atoms with Crippen molar-refractivity contribution in [2.75, 3.05) is 5.32 Å². The summed E-state index contributed by atoms with van der Waals surface area (Å²) in [6, 6.07) is 13.3. The number of carbonyl (C=O) groups excluding carboxylic acids is 1. The smallest absolute Gasteiger partial charge is 0.255 e. The molecule has 0 aliphatic rings. The molecule has 0 saturated carbocycles. The van der Waals surface area contributed by atoms with Crippen LogP contribution >= 0.6 is 0 Å². The summed E-state index contributed by atoms with van der Waals surface area (Å²) in [7, 11) is 0. The lowest BCUT2D eigenvalue weighted by Crippen LogP contribution is -2.12. The molecule has 0 atom stereocenters. The van der Waals surface area contributed by atoms with Crippen molar-refractivity contribution in [3.05, 3.63) is 95.4 Å². The van der Waals surface area contributed by atoms with Gasteiger partial charge in [-0.15, -0.1) is 0 Å². The van der Waals surface area contributed by atoms with E-state index in [0.29, 0.717) is 11.3 Å². The van der Waals surface area contributed by atoms with E-state index in [0.717, 1.165) is 35.1 Å². The first-order valence-corrected chi connectivity index (χ1v) is 8.91. The van der Waals surface area contributed by atoms with E-state index in [2.05, 4.69) is 10.3 Å².